The second-order valence-corrected chi connectivity index (χ2v) is 3.49. The van der Waals surface area contributed by atoms with E-state index in [2.05, 4.69) is 13.0 Å². The molecule has 1 nitrogen and oxygen atoms in total. The molecule has 2 atom stereocenters. The van der Waals surface area contributed by atoms with Crippen molar-refractivity contribution in [3.63, 3.8) is 0 Å². The Morgan fingerprint density at radius 3 is 3.10 bits per heavy atom. The Morgan fingerprint density at radius 2 is 2.40 bits per heavy atom. The van der Waals surface area contributed by atoms with Gasteiger partial charge < -0.3 is 0 Å². The average molecular weight is 136 g/mol. The number of hydrogen-bond donors (Lipinski definition) is 0. The molecule has 2 rings (SSSR count). The second kappa shape index (κ2) is 1.94. The molecule has 0 aromatic heterocycles. The molecule has 0 bridgehead atoms. The summed E-state index contributed by atoms with van der Waals surface area (Å²) in [5.74, 6) is 1.51. The third-order valence-corrected chi connectivity index (χ3v) is 2.69. The average Bonchev–Trinajstić information content (AvgIpc) is 2.35. The highest BCUT2D eigenvalue weighted by atomic mass is 16.1. The lowest BCUT2D eigenvalue weighted by atomic mass is 9.99. The largest absolute Gasteiger partial charge is 0.299 e. The maximum Gasteiger partial charge on any atom is 0.136 e. The lowest BCUT2D eigenvalue weighted by molar-refractivity contribution is -0.120. The van der Waals surface area contributed by atoms with E-state index in [1.54, 1.807) is 0 Å². The quantitative estimate of drug-likeness (QED) is 0.465. The van der Waals surface area contributed by atoms with E-state index in [1.807, 2.05) is 0 Å². The van der Waals surface area contributed by atoms with Gasteiger partial charge in [0.1, 0.15) is 5.78 Å². The van der Waals surface area contributed by atoms with Gasteiger partial charge in [0.2, 0.25) is 0 Å². The lowest BCUT2D eigenvalue weighted by Gasteiger charge is -2.03. The van der Waals surface area contributed by atoms with Crippen LogP contribution in [-0.2, 0) is 4.79 Å². The Hall–Kier alpha value is -0.590. The minimum absolute atomic E-state index is 0.389. The van der Waals surface area contributed by atoms with Crippen molar-refractivity contribution in [1.29, 1.82) is 0 Å². The Labute approximate surface area is 61.1 Å². The number of fused-ring (bicyclic) bond motifs is 1. The van der Waals surface area contributed by atoms with Gasteiger partial charge in [-0.25, -0.2) is 0 Å². The number of carbonyl (C=O) groups is 1. The normalized spacial score (nSPS) is 38.1. The fraction of sp³-hybridized carbons (Fsp3) is 0.667. The highest BCUT2D eigenvalue weighted by molar-refractivity contribution is 5.84. The van der Waals surface area contributed by atoms with E-state index in [-0.39, 0.29) is 0 Å². The zero-order chi connectivity index (χ0) is 7.14. The van der Waals surface area contributed by atoms with Crippen LogP contribution in [0.5, 0.6) is 0 Å². The molecule has 2 aliphatic rings. The predicted molar refractivity (Wildman–Crippen MR) is 39.6 cm³/mol. The van der Waals surface area contributed by atoms with Crippen LogP contribution in [-0.4, -0.2) is 5.78 Å². The molecule has 0 radical (unpaired) electrons. The summed E-state index contributed by atoms with van der Waals surface area (Å²) in [7, 11) is 0. The maximum atomic E-state index is 11.2. The third-order valence-electron chi connectivity index (χ3n) is 2.69. The van der Waals surface area contributed by atoms with Crippen molar-refractivity contribution in [3.8, 4) is 0 Å². The van der Waals surface area contributed by atoms with Crippen LogP contribution in [0, 0.1) is 11.8 Å². The highest BCUT2D eigenvalue weighted by Crippen LogP contribution is 2.39. The molecule has 0 saturated heterocycles. The maximum absolute atomic E-state index is 11.2. The third kappa shape index (κ3) is 0.731. The van der Waals surface area contributed by atoms with Gasteiger partial charge in [-0.2, -0.15) is 0 Å². The molecular formula is C9H12O. The van der Waals surface area contributed by atoms with Gasteiger partial charge in [-0.3, -0.25) is 4.79 Å². The van der Waals surface area contributed by atoms with Crippen LogP contribution in [0.4, 0.5) is 0 Å². The van der Waals surface area contributed by atoms with Gasteiger partial charge in [0, 0.05) is 12.3 Å². The number of carbonyl (C=O) groups excluding carboxylic acids is 1. The number of rotatable bonds is 0. The standard InChI is InChI=1S/C9H12O/c1-6-4-7-2-3-9(10)8(7)5-6/h4,7-8H,2-3,5H2,1H3/t7-,8+/m1/s1. The van der Waals surface area contributed by atoms with Crippen molar-refractivity contribution in [2.75, 3.05) is 0 Å². The van der Waals surface area contributed by atoms with Crippen LogP contribution in [0.2, 0.25) is 0 Å². The first kappa shape index (κ1) is 6.14. The minimum Gasteiger partial charge on any atom is -0.299 e. The number of allylic oxidation sites excluding steroid dienone is 2. The molecule has 0 unspecified atom stereocenters. The Bertz CT molecular complexity index is 203. The second-order valence-electron chi connectivity index (χ2n) is 3.49. The molecule has 0 amide bonds. The topological polar surface area (TPSA) is 17.1 Å². The number of Topliss-reactive ketones (excluding diaryl/α,β-unsaturated/α-hetero) is 1. The SMILES string of the molecule is CC1=C[C@H]2CCC(=O)[C@H]2C1. The zero-order valence-corrected chi connectivity index (χ0v) is 6.26. The van der Waals surface area contributed by atoms with Crippen LogP contribution in [0.25, 0.3) is 0 Å². The molecule has 0 aromatic carbocycles. The van der Waals surface area contributed by atoms with Gasteiger partial charge in [-0.1, -0.05) is 11.6 Å². The molecular weight excluding hydrogens is 124 g/mol. The summed E-state index contributed by atoms with van der Waals surface area (Å²) < 4.78 is 0. The van der Waals surface area contributed by atoms with E-state index >= 15 is 0 Å². The summed E-state index contributed by atoms with van der Waals surface area (Å²) in [6.07, 6.45) is 5.28. The van der Waals surface area contributed by atoms with Crippen LogP contribution in [0.1, 0.15) is 26.2 Å². The van der Waals surface area contributed by atoms with Gasteiger partial charge in [0.15, 0.2) is 0 Å². The molecule has 10 heavy (non-hydrogen) atoms. The summed E-state index contributed by atoms with van der Waals surface area (Å²) in [5, 5.41) is 0. The fourth-order valence-electron chi connectivity index (χ4n) is 2.18. The smallest absolute Gasteiger partial charge is 0.136 e. The van der Waals surface area contributed by atoms with Gasteiger partial charge in [-0.15, -0.1) is 0 Å². The van der Waals surface area contributed by atoms with Crippen LogP contribution in [0.15, 0.2) is 11.6 Å². The molecule has 2 aliphatic carbocycles. The Morgan fingerprint density at radius 1 is 1.60 bits per heavy atom. The summed E-state index contributed by atoms with van der Waals surface area (Å²) in [6, 6.07) is 0. The molecule has 54 valence electrons. The molecule has 1 fully saturated rings. The van der Waals surface area contributed by atoms with E-state index in [1.165, 1.54) is 5.57 Å². The predicted octanol–water partition coefficient (Wildman–Crippen LogP) is 1.93. The van der Waals surface area contributed by atoms with Crippen LogP contribution >= 0.6 is 0 Å². The van der Waals surface area contributed by atoms with Crippen molar-refractivity contribution in [3.05, 3.63) is 11.6 Å². The van der Waals surface area contributed by atoms with Crippen LogP contribution in [0.3, 0.4) is 0 Å². The van der Waals surface area contributed by atoms with Gasteiger partial charge in [0.05, 0.1) is 0 Å². The van der Waals surface area contributed by atoms with Crippen molar-refractivity contribution in [2.24, 2.45) is 11.8 Å². The van der Waals surface area contributed by atoms with Gasteiger partial charge in [-0.05, 0) is 25.7 Å². The summed E-state index contributed by atoms with van der Waals surface area (Å²) in [6.45, 7) is 2.13. The van der Waals surface area contributed by atoms with Crippen LogP contribution < -0.4 is 0 Å². The molecule has 0 aromatic rings. The minimum atomic E-state index is 0.389. The summed E-state index contributed by atoms with van der Waals surface area (Å²) in [5.41, 5.74) is 1.42. The number of hydrogen-bond acceptors (Lipinski definition) is 1. The Kier molecular flexibility index (Phi) is 1.19. The van der Waals surface area contributed by atoms with Crippen molar-refractivity contribution >= 4 is 5.78 Å². The molecule has 1 saturated carbocycles. The zero-order valence-electron chi connectivity index (χ0n) is 6.26. The van der Waals surface area contributed by atoms with E-state index in [0.717, 1.165) is 19.3 Å². The first-order valence-electron chi connectivity index (χ1n) is 3.97. The molecule has 0 aliphatic heterocycles. The van der Waals surface area contributed by atoms with E-state index < -0.39 is 0 Å². The van der Waals surface area contributed by atoms with E-state index in [4.69, 9.17) is 0 Å². The first-order chi connectivity index (χ1) is 4.77. The van der Waals surface area contributed by atoms with Crippen molar-refractivity contribution in [2.45, 2.75) is 26.2 Å². The van der Waals surface area contributed by atoms with E-state index in [0.29, 0.717) is 17.6 Å². The van der Waals surface area contributed by atoms with Gasteiger partial charge in [0.25, 0.3) is 0 Å². The molecule has 0 spiro atoms. The fourth-order valence-corrected chi connectivity index (χ4v) is 2.18. The van der Waals surface area contributed by atoms with E-state index in [9.17, 15) is 4.79 Å². The van der Waals surface area contributed by atoms with Crippen molar-refractivity contribution in [1.82, 2.24) is 0 Å². The molecule has 0 heterocycles. The molecule has 1 heteroatoms. The summed E-state index contributed by atoms with van der Waals surface area (Å²) >= 11 is 0. The Balaban J connectivity index is 2.21. The molecule has 0 N–H and O–H groups in total. The first-order valence-corrected chi connectivity index (χ1v) is 3.97. The summed E-state index contributed by atoms with van der Waals surface area (Å²) in [4.78, 5) is 11.2. The lowest BCUT2D eigenvalue weighted by Crippen LogP contribution is -2.07. The number of ketones is 1. The monoisotopic (exact) mass is 136 g/mol. The van der Waals surface area contributed by atoms with Gasteiger partial charge >= 0.3 is 0 Å². The highest BCUT2D eigenvalue weighted by Gasteiger charge is 2.36. The van der Waals surface area contributed by atoms with Crippen molar-refractivity contribution < 1.29 is 4.79 Å².